The third-order valence-electron chi connectivity index (χ3n) is 1.09. The van der Waals surface area contributed by atoms with Crippen LogP contribution in [0.5, 0.6) is 0 Å². The van der Waals surface area contributed by atoms with Crippen molar-refractivity contribution in [3.05, 3.63) is 24.0 Å². The van der Waals surface area contributed by atoms with Crippen LogP contribution >= 0.6 is 0 Å². The summed E-state index contributed by atoms with van der Waals surface area (Å²) in [5.41, 5.74) is 0.0605. The van der Waals surface area contributed by atoms with Crippen molar-refractivity contribution in [3.8, 4) is 0 Å². The third kappa shape index (κ3) is 2.22. The Morgan fingerprint density at radius 3 is 2.75 bits per heavy atom. The molecule has 0 spiro atoms. The van der Waals surface area contributed by atoms with Gasteiger partial charge in [-0.25, -0.2) is 0 Å². The van der Waals surface area contributed by atoms with Gasteiger partial charge in [0.1, 0.15) is 0 Å². The van der Waals surface area contributed by atoms with Crippen molar-refractivity contribution in [2.75, 3.05) is 0 Å². The Balaban J connectivity index is 2.66. The quantitative estimate of drug-likeness (QED) is 0.660. The van der Waals surface area contributed by atoms with Crippen molar-refractivity contribution in [2.24, 2.45) is 0 Å². The van der Waals surface area contributed by atoms with Gasteiger partial charge in [0, 0.05) is 0 Å². The maximum absolute atomic E-state index is 11.6. The van der Waals surface area contributed by atoms with Crippen molar-refractivity contribution in [1.82, 2.24) is 15.5 Å². The number of hydrogen-bond acceptors (Lipinski definition) is 3. The highest BCUT2D eigenvalue weighted by Gasteiger charge is 2.09. The van der Waals surface area contributed by atoms with Gasteiger partial charge in [-0.1, -0.05) is 0 Å². The van der Waals surface area contributed by atoms with Crippen LogP contribution in [0.25, 0.3) is 0 Å². The van der Waals surface area contributed by atoms with Gasteiger partial charge < -0.3 is 0 Å². The lowest BCUT2D eigenvalue weighted by Gasteiger charge is -2.01. The summed E-state index contributed by atoms with van der Waals surface area (Å²) in [4.78, 5) is 10.8. The van der Waals surface area contributed by atoms with Gasteiger partial charge in [0.2, 0.25) is 0 Å². The van der Waals surface area contributed by atoms with Gasteiger partial charge >= 0.3 is 6.55 Å². The Bertz CT molecular complexity index is 265. The highest BCUT2D eigenvalue weighted by molar-refractivity contribution is 5.93. The predicted molar refractivity (Wildman–Crippen MR) is 35.5 cm³/mol. The molecule has 0 atom stereocenters. The van der Waals surface area contributed by atoms with Crippen LogP contribution in [0.4, 0.5) is 8.78 Å². The fourth-order valence-electron chi connectivity index (χ4n) is 0.607. The highest BCUT2D eigenvalue weighted by Crippen LogP contribution is 1.95. The number of hydrogen-bond donors (Lipinski definition) is 1. The monoisotopic (exact) mass is 173 g/mol. The molecule has 12 heavy (non-hydrogen) atoms. The summed E-state index contributed by atoms with van der Waals surface area (Å²) in [7, 11) is 0. The second-order valence-electron chi connectivity index (χ2n) is 1.91. The molecular weight excluding hydrogens is 168 g/mol. The first kappa shape index (κ1) is 8.51. The van der Waals surface area contributed by atoms with Crippen LogP contribution in [-0.2, 0) is 0 Å². The van der Waals surface area contributed by atoms with Crippen molar-refractivity contribution in [2.45, 2.75) is 6.55 Å². The van der Waals surface area contributed by atoms with Crippen molar-refractivity contribution in [3.63, 3.8) is 0 Å². The van der Waals surface area contributed by atoms with Gasteiger partial charge in [0.25, 0.3) is 5.91 Å². The number of nitrogens with zero attached hydrogens (tertiary/aromatic N) is 2. The van der Waals surface area contributed by atoms with Crippen LogP contribution in [-0.4, -0.2) is 22.7 Å². The third-order valence-corrected chi connectivity index (χ3v) is 1.09. The molecule has 1 aromatic rings. The summed E-state index contributed by atoms with van der Waals surface area (Å²) in [6, 6.07) is 1.30. The fraction of sp³-hybridized carbons (Fsp3) is 0.167. The minimum atomic E-state index is -2.86. The number of alkyl halides is 2. The molecule has 64 valence electrons. The molecule has 0 bridgehead atoms. The SMILES string of the molecule is O=C(NC(F)F)c1ccnnc1. The van der Waals surface area contributed by atoms with E-state index in [4.69, 9.17) is 0 Å². The molecule has 1 N–H and O–H groups in total. The highest BCUT2D eigenvalue weighted by atomic mass is 19.3. The van der Waals surface area contributed by atoms with Crippen LogP contribution in [0.1, 0.15) is 10.4 Å². The lowest BCUT2D eigenvalue weighted by Crippen LogP contribution is -2.28. The van der Waals surface area contributed by atoms with Gasteiger partial charge in [-0.05, 0) is 6.07 Å². The standard InChI is InChI=1S/C6H5F2N3O/c7-6(8)11-5(12)4-1-2-9-10-3-4/h1-3,6H,(H,11,12). The summed E-state index contributed by atoms with van der Waals surface area (Å²) in [5.74, 6) is -0.861. The van der Waals surface area contributed by atoms with Gasteiger partial charge in [0.15, 0.2) is 0 Å². The van der Waals surface area contributed by atoms with Crippen molar-refractivity contribution in [1.29, 1.82) is 0 Å². The Morgan fingerprint density at radius 1 is 1.50 bits per heavy atom. The molecule has 1 heterocycles. The van der Waals surface area contributed by atoms with E-state index in [9.17, 15) is 13.6 Å². The van der Waals surface area contributed by atoms with Crippen molar-refractivity contribution >= 4 is 5.91 Å². The van der Waals surface area contributed by atoms with E-state index < -0.39 is 12.5 Å². The number of amides is 1. The van der Waals surface area contributed by atoms with Gasteiger partial charge in [-0.15, -0.1) is 0 Å². The van der Waals surface area contributed by atoms with E-state index in [1.165, 1.54) is 17.6 Å². The molecule has 0 saturated heterocycles. The van der Waals surface area contributed by atoms with Gasteiger partial charge in [0.05, 0.1) is 18.0 Å². The minimum absolute atomic E-state index is 0.0605. The fourth-order valence-corrected chi connectivity index (χ4v) is 0.607. The molecule has 6 heteroatoms. The molecular formula is C6H5F2N3O. The van der Waals surface area contributed by atoms with Gasteiger partial charge in [-0.2, -0.15) is 19.0 Å². The molecule has 1 rings (SSSR count). The molecule has 0 aliphatic rings. The summed E-state index contributed by atoms with van der Waals surface area (Å²) in [6.45, 7) is -2.86. The van der Waals surface area contributed by atoms with Crippen LogP contribution < -0.4 is 5.32 Å². The molecule has 0 saturated carbocycles. The molecule has 0 radical (unpaired) electrons. The molecule has 0 fully saturated rings. The van der Waals surface area contributed by atoms with Crippen LogP contribution in [0.15, 0.2) is 18.5 Å². The zero-order chi connectivity index (χ0) is 8.97. The normalized spacial score (nSPS) is 9.92. The van der Waals surface area contributed by atoms with Crippen LogP contribution in [0.2, 0.25) is 0 Å². The predicted octanol–water partition coefficient (Wildman–Crippen LogP) is 0.429. The molecule has 0 aliphatic heterocycles. The number of carbonyl (C=O) groups excluding carboxylic acids is 1. The molecule has 1 aromatic heterocycles. The maximum atomic E-state index is 11.6. The first-order valence-corrected chi connectivity index (χ1v) is 3.06. The Hall–Kier alpha value is -1.59. The van der Waals surface area contributed by atoms with Crippen LogP contribution in [0, 0.1) is 0 Å². The molecule has 0 unspecified atom stereocenters. The number of nitrogens with one attached hydrogen (secondary N) is 1. The van der Waals surface area contributed by atoms with E-state index in [1.54, 1.807) is 0 Å². The van der Waals surface area contributed by atoms with E-state index in [1.807, 2.05) is 0 Å². The smallest absolute Gasteiger partial charge is 0.296 e. The zero-order valence-electron chi connectivity index (χ0n) is 5.87. The van der Waals surface area contributed by atoms with E-state index >= 15 is 0 Å². The Morgan fingerprint density at radius 2 is 2.25 bits per heavy atom. The summed E-state index contributed by atoms with van der Waals surface area (Å²) >= 11 is 0. The second-order valence-corrected chi connectivity index (χ2v) is 1.91. The molecule has 1 amide bonds. The molecule has 4 nitrogen and oxygen atoms in total. The number of carbonyl (C=O) groups is 1. The first-order valence-electron chi connectivity index (χ1n) is 3.06. The lowest BCUT2D eigenvalue weighted by atomic mass is 10.3. The average molecular weight is 173 g/mol. The lowest BCUT2D eigenvalue weighted by molar-refractivity contribution is 0.0699. The van der Waals surface area contributed by atoms with E-state index in [0.717, 1.165) is 6.20 Å². The molecule has 0 aromatic carbocycles. The maximum Gasteiger partial charge on any atom is 0.315 e. The van der Waals surface area contributed by atoms with E-state index in [2.05, 4.69) is 10.2 Å². The number of aromatic nitrogens is 2. The average Bonchev–Trinajstić information content (AvgIpc) is 2.05. The minimum Gasteiger partial charge on any atom is -0.296 e. The zero-order valence-corrected chi connectivity index (χ0v) is 5.87. The number of halogens is 2. The largest absolute Gasteiger partial charge is 0.315 e. The number of rotatable bonds is 2. The summed E-state index contributed by atoms with van der Waals surface area (Å²) in [6.07, 6.45) is 2.36. The summed E-state index contributed by atoms with van der Waals surface area (Å²) < 4.78 is 23.2. The summed E-state index contributed by atoms with van der Waals surface area (Å²) in [5, 5.41) is 8.17. The van der Waals surface area contributed by atoms with Crippen LogP contribution in [0.3, 0.4) is 0 Å². The Labute approximate surface area is 66.6 Å². The topological polar surface area (TPSA) is 54.9 Å². The van der Waals surface area contributed by atoms with Gasteiger partial charge in [-0.3, -0.25) is 10.1 Å². The molecule has 0 aliphatic carbocycles. The first-order chi connectivity index (χ1) is 5.70. The van der Waals surface area contributed by atoms with Crippen molar-refractivity contribution < 1.29 is 13.6 Å². The Kier molecular flexibility index (Phi) is 2.62. The van der Waals surface area contributed by atoms with E-state index in [-0.39, 0.29) is 5.56 Å². The van der Waals surface area contributed by atoms with E-state index in [0.29, 0.717) is 0 Å². The second kappa shape index (κ2) is 3.70.